The van der Waals surface area contributed by atoms with Crippen molar-refractivity contribution in [3.8, 4) is 5.75 Å². The van der Waals surface area contributed by atoms with Gasteiger partial charge in [-0.25, -0.2) is 4.79 Å². The van der Waals surface area contributed by atoms with E-state index in [1.807, 2.05) is 36.4 Å². The molecule has 24 heavy (non-hydrogen) atoms. The number of amides is 2. The largest absolute Gasteiger partial charge is 0.487 e. The third kappa shape index (κ3) is 2.94. The average Bonchev–Trinajstić information content (AvgIpc) is 2.59. The Bertz CT molecular complexity index is 728. The van der Waals surface area contributed by atoms with Crippen molar-refractivity contribution in [1.82, 2.24) is 15.6 Å². The molecule has 1 atom stereocenters. The monoisotopic (exact) mass is 323 g/mol. The first-order valence-corrected chi connectivity index (χ1v) is 8.45. The average molecular weight is 323 g/mol. The number of aromatic nitrogens is 1. The first-order valence-electron chi connectivity index (χ1n) is 8.45. The molecule has 2 aliphatic rings. The van der Waals surface area contributed by atoms with Gasteiger partial charge in [0.2, 0.25) is 0 Å². The molecule has 1 saturated carbocycles. The molecule has 0 radical (unpaired) electrons. The van der Waals surface area contributed by atoms with Gasteiger partial charge in [-0.1, -0.05) is 18.2 Å². The fourth-order valence-electron chi connectivity index (χ4n) is 3.52. The highest BCUT2D eigenvalue weighted by molar-refractivity contribution is 5.74. The number of nitrogens with one attached hydrogen (secondary N) is 2. The molecule has 0 saturated heterocycles. The number of benzene rings is 1. The minimum absolute atomic E-state index is 0.00677. The number of carbonyl (C=O) groups excluding carboxylic acids is 1. The molecule has 4 rings (SSSR count). The zero-order valence-corrected chi connectivity index (χ0v) is 13.5. The molecule has 0 bridgehead atoms. The SMILES string of the molecule is O=C(NCc1ccncc1)N[C@H]1CC2(CCC2)Oc2ccccc21. The van der Waals surface area contributed by atoms with Gasteiger partial charge in [-0.3, -0.25) is 4.98 Å². The highest BCUT2D eigenvalue weighted by Gasteiger charge is 2.45. The molecule has 1 aromatic carbocycles. The Labute approximate surface area is 141 Å². The smallest absolute Gasteiger partial charge is 0.315 e. The maximum atomic E-state index is 12.3. The van der Waals surface area contributed by atoms with Crippen LogP contribution in [0.1, 0.15) is 42.9 Å². The van der Waals surface area contributed by atoms with Crippen molar-refractivity contribution < 1.29 is 9.53 Å². The van der Waals surface area contributed by atoms with Gasteiger partial charge in [-0.2, -0.15) is 0 Å². The van der Waals surface area contributed by atoms with Gasteiger partial charge >= 0.3 is 6.03 Å². The summed E-state index contributed by atoms with van der Waals surface area (Å²) >= 11 is 0. The molecule has 0 unspecified atom stereocenters. The molecule has 1 spiro atoms. The van der Waals surface area contributed by atoms with Gasteiger partial charge in [0.25, 0.3) is 0 Å². The summed E-state index contributed by atoms with van der Waals surface area (Å²) in [6, 6.07) is 11.6. The van der Waals surface area contributed by atoms with Crippen molar-refractivity contribution >= 4 is 6.03 Å². The van der Waals surface area contributed by atoms with Crippen LogP contribution in [-0.2, 0) is 6.54 Å². The molecule has 2 heterocycles. The minimum Gasteiger partial charge on any atom is -0.487 e. The van der Waals surface area contributed by atoms with Gasteiger partial charge in [0.05, 0.1) is 6.04 Å². The Morgan fingerprint density at radius 1 is 1.21 bits per heavy atom. The molecule has 2 amide bonds. The summed E-state index contributed by atoms with van der Waals surface area (Å²) in [4.78, 5) is 16.3. The van der Waals surface area contributed by atoms with Crippen LogP contribution in [0.15, 0.2) is 48.8 Å². The van der Waals surface area contributed by atoms with Crippen LogP contribution in [0.2, 0.25) is 0 Å². The van der Waals surface area contributed by atoms with E-state index in [4.69, 9.17) is 4.74 Å². The van der Waals surface area contributed by atoms with E-state index in [0.717, 1.165) is 36.1 Å². The van der Waals surface area contributed by atoms with Gasteiger partial charge in [0, 0.05) is 30.9 Å². The highest BCUT2D eigenvalue weighted by atomic mass is 16.5. The Kier molecular flexibility index (Phi) is 3.84. The highest BCUT2D eigenvalue weighted by Crippen LogP contribution is 2.48. The van der Waals surface area contributed by atoms with E-state index in [2.05, 4.69) is 15.6 Å². The van der Waals surface area contributed by atoms with E-state index in [-0.39, 0.29) is 17.7 Å². The van der Waals surface area contributed by atoms with Crippen LogP contribution in [0.5, 0.6) is 5.75 Å². The van der Waals surface area contributed by atoms with E-state index in [0.29, 0.717) is 6.54 Å². The van der Waals surface area contributed by atoms with Gasteiger partial charge in [0.1, 0.15) is 11.4 Å². The number of rotatable bonds is 3. The summed E-state index contributed by atoms with van der Waals surface area (Å²) in [6.07, 6.45) is 7.63. The lowest BCUT2D eigenvalue weighted by Gasteiger charge is -2.48. The molecule has 1 aliphatic heterocycles. The van der Waals surface area contributed by atoms with E-state index in [1.165, 1.54) is 6.42 Å². The van der Waals surface area contributed by atoms with Crippen molar-refractivity contribution in [2.45, 2.75) is 43.9 Å². The van der Waals surface area contributed by atoms with E-state index in [1.54, 1.807) is 12.4 Å². The minimum atomic E-state index is -0.150. The molecule has 5 heteroatoms. The number of pyridine rings is 1. The van der Waals surface area contributed by atoms with E-state index < -0.39 is 0 Å². The van der Waals surface area contributed by atoms with Crippen LogP contribution < -0.4 is 15.4 Å². The maximum Gasteiger partial charge on any atom is 0.315 e. The number of urea groups is 1. The molecule has 2 aromatic rings. The predicted octanol–water partition coefficient (Wildman–Crippen LogP) is 3.33. The second-order valence-electron chi connectivity index (χ2n) is 6.62. The lowest BCUT2D eigenvalue weighted by molar-refractivity contribution is -0.0355. The number of ether oxygens (including phenoxy) is 1. The number of hydrogen-bond acceptors (Lipinski definition) is 3. The Balaban J connectivity index is 1.44. The zero-order valence-electron chi connectivity index (χ0n) is 13.5. The van der Waals surface area contributed by atoms with Crippen LogP contribution >= 0.6 is 0 Å². The number of fused-ring (bicyclic) bond motifs is 1. The van der Waals surface area contributed by atoms with Crippen molar-refractivity contribution in [2.24, 2.45) is 0 Å². The normalized spacial score (nSPS) is 20.4. The maximum absolute atomic E-state index is 12.3. The number of carbonyl (C=O) groups is 1. The topological polar surface area (TPSA) is 63.2 Å². The molecular weight excluding hydrogens is 302 g/mol. The van der Waals surface area contributed by atoms with Crippen LogP contribution in [0.3, 0.4) is 0 Å². The second kappa shape index (κ2) is 6.15. The fraction of sp³-hybridized carbons (Fsp3) is 0.368. The first kappa shape index (κ1) is 15.0. The Morgan fingerprint density at radius 3 is 2.75 bits per heavy atom. The zero-order chi connectivity index (χ0) is 16.4. The van der Waals surface area contributed by atoms with Crippen LogP contribution in [0.4, 0.5) is 4.79 Å². The second-order valence-corrected chi connectivity index (χ2v) is 6.62. The molecule has 124 valence electrons. The van der Waals surface area contributed by atoms with Crippen molar-refractivity contribution in [1.29, 1.82) is 0 Å². The van der Waals surface area contributed by atoms with Crippen molar-refractivity contribution in [3.05, 3.63) is 59.9 Å². The van der Waals surface area contributed by atoms with Gasteiger partial charge in [-0.05, 0) is 43.0 Å². The van der Waals surface area contributed by atoms with Gasteiger partial charge in [0.15, 0.2) is 0 Å². The van der Waals surface area contributed by atoms with Gasteiger partial charge in [-0.15, -0.1) is 0 Å². The summed E-state index contributed by atoms with van der Waals surface area (Å²) in [5, 5.41) is 6.04. The van der Waals surface area contributed by atoms with Crippen molar-refractivity contribution in [2.75, 3.05) is 0 Å². The Hall–Kier alpha value is -2.56. The molecule has 1 fully saturated rings. The lowest BCUT2D eigenvalue weighted by atomic mass is 9.73. The Morgan fingerprint density at radius 2 is 2.00 bits per heavy atom. The molecule has 2 N–H and O–H groups in total. The quantitative estimate of drug-likeness (QED) is 0.911. The molecule has 1 aromatic heterocycles. The number of hydrogen-bond donors (Lipinski definition) is 2. The molecule has 1 aliphatic carbocycles. The van der Waals surface area contributed by atoms with Crippen LogP contribution in [0.25, 0.3) is 0 Å². The predicted molar refractivity (Wildman–Crippen MR) is 90.6 cm³/mol. The third-order valence-electron chi connectivity index (χ3n) is 4.97. The molecular formula is C19H21N3O2. The summed E-state index contributed by atoms with van der Waals surface area (Å²) in [5.41, 5.74) is 2.01. The summed E-state index contributed by atoms with van der Waals surface area (Å²) in [5.74, 6) is 0.905. The fourth-order valence-corrected chi connectivity index (χ4v) is 3.52. The number of para-hydroxylation sites is 1. The van der Waals surface area contributed by atoms with Crippen LogP contribution in [-0.4, -0.2) is 16.6 Å². The number of nitrogens with zero attached hydrogens (tertiary/aromatic N) is 1. The van der Waals surface area contributed by atoms with Gasteiger partial charge < -0.3 is 15.4 Å². The van der Waals surface area contributed by atoms with Crippen LogP contribution in [0, 0.1) is 0 Å². The lowest BCUT2D eigenvalue weighted by Crippen LogP contribution is -2.50. The standard InChI is InChI=1S/C19H21N3O2/c23-18(21-13-14-6-10-20-11-7-14)22-16-12-19(8-3-9-19)24-17-5-2-1-4-15(16)17/h1-2,4-7,10-11,16H,3,8-9,12-13H2,(H2,21,22,23)/t16-/m0/s1. The molecule has 5 nitrogen and oxygen atoms in total. The third-order valence-corrected chi connectivity index (χ3v) is 4.97. The van der Waals surface area contributed by atoms with E-state index >= 15 is 0 Å². The summed E-state index contributed by atoms with van der Waals surface area (Å²) < 4.78 is 6.22. The summed E-state index contributed by atoms with van der Waals surface area (Å²) in [7, 11) is 0. The van der Waals surface area contributed by atoms with Crippen molar-refractivity contribution in [3.63, 3.8) is 0 Å². The first-order chi connectivity index (χ1) is 11.7. The summed E-state index contributed by atoms with van der Waals surface area (Å²) in [6.45, 7) is 0.490. The van der Waals surface area contributed by atoms with E-state index in [9.17, 15) is 4.79 Å².